The minimum atomic E-state index is -0.669. The van der Waals surface area contributed by atoms with Crippen LogP contribution in [0.4, 0.5) is 0 Å². The molecule has 0 amide bonds. The predicted molar refractivity (Wildman–Crippen MR) is 83.1 cm³/mol. The van der Waals surface area contributed by atoms with Crippen LogP contribution in [0.15, 0.2) is 41.0 Å². The molecule has 1 aromatic carbocycles. The molecule has 6 heteroatoms. The molecule has 4 nitrogen and oxygen atoms in total. The van der Waals surface area contributed by atoms with Gasteiger partial charge in [0.05, 0.1) is 17.3 Å². The number of aliphatic hydroxyl groups excluding tert-OH is 1. The Balaban J connectivity index is 1.77. The minimum absolute atomic E-state index is 0.0180. The summed E-state index contributed by atoms with van der Waals surface area (Å²) in [6.45, 7) is 2.46. The highest BCUT2D eigenvalue weighted by Gasteiger charge is 2.12. The zero-order valence-corrected chi connectivity index (χ0v) is 13.1. The topological polar surface area (TPSA) is 54.6 Å². The number of hydrogen-bond donors (Lipinski definition) is 2. The zero-order valence-electron chi connectivity index (χ0n) is 11.6. The van der Waals surface area contributed by atoms with E-state index >= 15 is 0 Å². The first-order valence-corrected chi connectivity index (χ1v) is 7.34. The molecule has 2 N–H and O–H groups in total. The summed E-state index contributed by atoms with van der Waals surface area (Å²) in [5, 5.41) is 14.1. The van der Waals surface area contributed by atoms with Gasteiger partial charge in [-0.15, -0.1) is 0 Å². The largest absolute Gasteiger partial charge is 0.489 e. The molecule has 2 rings (SSSR count). The molecule has 0 saturated heterocycles. The predicted octanol–water partition coefficient (Wildman–Crippen LogP) is 3.68. The van der Waals surface area contributed by atoms with Crippen molar-refractivity contribution in [1.29, 1.82) is 0 Å². The van der Waals surface area contributed by atoms with Gasteiger partial charge in [0.1, 0.15) is 24.2 Å². The van der Waals surface area contributed by atoms with Gasteiger partial charge in [-0.05, 0) is 31.2 Å². The lowest BCUT2D eigenvalue weighted by molar-refractivity contribution is 0.103. The van der Waals surface area contributed by atoms with Gasteiger partial charge in [-0.25, -0.2) is 0 Å². The van der Waals surface area contributed by atoms with Gasteiger partial charge in [0, 0.05) is 17.6 Å². The summed E-state index contributed by atoms with van der Waals surface area (Å²) in [7, 11) is 0. The molecular formula is C15H17Cl2NO3. The smallest absolute Gasteiger partial charge is 0.139 e. The summed E-state index contributed by atoms with van der Waals surface area (Å²) in [6.07, 6.45) is 0.950. The second-order valence-corrected chi connectivity index (χ2v) is 5.53. The Bertz CT molecular complexity index is 560. The molecule has 1 aromatic heterocycles. The number of rotatable bonds is 7. The Hall–Kier alpha value is -1.20. The average Bonchev–Trinajstić information content (AvgIpc) is 3.00. The molecule has 1 unspecified atom stereocenters. The first-order valence-electron chi connectivity index (χ1n) is 6.59. The lowest BCUT2D eigenvalue weighted by Gasteiger charge is -2.16. The fourth-order valence-corrected chi connectivity index (χ4v) is 2.12. The van der Waals surface area contributed by atoms with Crippen LogP contribution in [-0.2, 0) is 0 Å². The van der Waals surface area contributed by atoms with E-state index in [2.05, 4.69) is 5.32 Å². The highest BCUT2D eigenvalue weighted by Crippen LogP contribution is 2.27. The Kier molecular flexibility index (Phi) is 5.94. The van der Waals surface area contributed by atoms with Crippen LogP contribution in [0.2, 0.25) is 10.0 Å². The molecule has 2 atom stereocenters. The molecule has 114 valence electrons. The number of benzene rings is 1. The van der Waals surface area contributed by atoms with E-state index in [1.54, 1.807) is 24.5 Å². The van der Waals surface area contributed by atoms with Gasteiger partial charge in [-0.1, -0.05) is 23.2 Å². The number of aliphatic hydroxyl groups is 1. The summed E-state index contributed by atoms with van der Waals surface area (Å²) < 4.78 is 10.8. The maximum atomic E-state index is 9.92. The highest BCUT2D eigenvalue weighted by molar-refractivity contribution is 6.34. The lowest BCUT2D eigenvalue weighted by Crippen LogP contribution is -2.32. The Morgan fingerprint density at radius 1 is 1.33 bits per heavy atom. The average molecular weight is 330 g/mol. The monoisotopic (exact) mass is 329 g/mol. The van der Waals surface area contributed by atoms with Crippen LogP contribution >= 0.6 is 23.2 Å². The summed E-state index contributed by atoms with van der Waals surface area (Å²) in [5.41, 5.74) is 0. The molecular weight excluding hydrogens is 313 g/mol. The van der Waals surface area contributed by atoms with Crippen molar-refractivity contribution in [3.05, 3.63) is 52.4 Å². The van der Waals surface area contributed by atoms with Crippen molar-refractivity contribution >= 4 is 23.2 Å². The molecule has 0 bridgehead atoms. The van der Waals surface area contributed by atoms with Gasteiger partial charge < -0.3 is 19.6 Å². The minimum Gasteiger partial charge on any atom is -0.489 e. The molecule has 0 radical (unpaired) electrons. The van der Waals surface area contributed by atoms with E-state index in [4.69, 9.17) is 32.4 Å². The summed E-state index contributed by atoms with van der Waals surface area (Å²) in [4.78, 5) is 0. The van der Waals surface area contributed by atoms with E-state index in [1.165, 1.54) is 0 Å². The van der Waals surface area contributed by atoms with Crippen molar-refractivity contribution in [3.8, 4) is 5.75 Å². The van der Waals surface area contributed by atoms with E-state index in [1.807, 2.05) is 19.1 Å². The third-order valence-electron chi connectivity index (χ3n) is 2.95. The zero-order chi connectivity index (χ0) is 15.2. The van der Waals surface area contributed by atoms with Gasteiger partial charge in [0.15, 0.2) is 0 Å². The van der Waals surface area contributed by atoms with Gasteiger partial charge in [-0.3, -0.25) is 0 Å². The number of ether oxygens (including phenoxy) is 1. The standard InChI is InChI=1S/C15H17Cl2NO3/c1-10(14-3-2-6-20-14)18-8-12(19)9-21-15-7-11(16)4-5-13(15)17/h2-7,10,12,18-19H,8-9H2,1H3/t10-,12?/m1/s1. The van der Waals surface area contributed by atoms with Crippen LogP contribution in [0, 0.1) is 0 Å². The summed E-state index contributed by atoms with van der Waals surface area (Å²) >= 11 is 11.8. The number of furan rings is 1. The van der Waals surface area contributed by atoms with Crippen LogP contribution in [0.1, 0.15) is 18.7 Å². The Morgan fingerprint density at radius 2 is 2.14 bits per heavy atom. The quantitative estimate of drug-likeness (QED) is 0.813. The fourth-order valence-electron chi connectivity index (χ4n) is 1.78. The SMILES string of the molecule is C[C@@H](NCC(O)COc1cc(Cl)ccc1Cl)c1ccco1. The number of halogens is 2. The van der Waals surface area contributed by atoms with Crippen molar-refractivity contribution < 1.29 is 14.3 Å². The van der Waals surface area contributed by atoms with Crippen LogP contribution in [0.25, 0.3) is 0 Å². The molecule has 1 heterocycles. The summed E-state index contributed by atoms with van der Waals surface area (Å²) in [6, 6.07) is 8.68. The van der Waals surface area contributed by atoms with Crippen molar-refractivity contribution in [2.75, 3.05) is 13.2 Å². The molecule has 0 fully saturated rings. The van der Waals surface area contributed by atoms with Crippen molar-refractivity contribution in [3.63, 3.8) is 0 Å². The van der Waals surface area contributed by atoms with E-state index < -0.39 is 6.10 Å². The van der Waals surface area contributed by atoms with Gasteiger partial charge >= 0.3 is 0 Å². The van der Waals surface area contributed by atoms with Crippen LogP contribution in [0.3, 0.4) is 0 Å². The summed E-state index contributed by atoms with van der Waals surface area (Å²) in [5.74, 6) is 1.28. The molecule has 2 aromatic rings. The third-order valence-corrected chi connectivity index (χ3v) is 3.50. The van der Waals surface area contributed by atoms with Crippen LogP contribution < -0.4 is 10.1 Å². The van der Waals surface area contributed by atoms with Crippen molar-refractivity contribution in [2.24, 2.45) is 0 Å². The molecule has 0 aliphatic rings. The van der Waals surface area contributed by atoms with Crippen molar-refractivity contribution in [2.45, 2.75) is 19.1 Å². The lowest BCUT2D eigenvalue weighted by atomic mass is 10.2. The van der Waals surface area contributed by atoms with Gasteiger partial charge in [-0.2, -0.15) is 0 Å². The second kappa shape index (κ2) is 7.71. The maximum absolute atomic E-state index is 9.92. The molecule has 21 heavy (non-hydrogen) atoms. The second-order valence-electron chi connectivity index (χ2n) is 4.68. The Morgan fingerprint density at radius 3 is 2.86 bits per heavy atom. The number of hydrogen-bond acceptors (Lipinski definition) is 4. The Labute approximate surface area is 133 Å². The third kappa shape index (κ3) is 4.93. The highest BCUT2D eigenvalue weighted by atomic mass is 35.5. The number of nitrogens with one attached hydrogen (secondary N) is 1. The maximum Gasteiger partial charge on any atom is 0.139 e. The van der Waals surface area contributed by atoms with E-state index in [9.17, 15) is 5.11 Å². The normalized spacial score (nSPS) is 13.9. The van der Waals surface area contributed by atoms with Crippen LogP contribution in [-0.4, -0.2) is 24.4 Å². The molecule has 0 aliphatic carbocycles. The molecule has 0 spiro atoms. The first-order chi connectivity index (χ1) is 10.1. The van der Waals surface area contributed by atoms with Gasteiger partial charge in [0.2, 0.25) is 0 Å². The van der Waals surface area contributed by atoms with E-state index in [-0.39, 0.29) is 12.6 Å². The molecule has 0 aliphatic heterocycles. The van der Waals surface area contributed by atoms with E-state index in [0.29, 0.717) is 22.3 Å². The fraction of sp³-hybridized carbons (Fsp3) is 0.333. The first kappa shape index (κ1) is 16.2. The molecule has 0 saturated carbocycles. The van der Waals surface area contributed by atoms with Crippen molar-refractivity contribution in [1.82, 2.24) is 5.32 Å². The van der Waals surface area contributed by atoms with E-state index in [0.717, 1.165) is 5.76 Å². The van der Waals surface area contributed by atoms with Gasteiger partial charge in [0.25, 0.3) is 0 Å². The van der Waals surface area contributed by atoms with Crippen LogP contribution in [0.5, 0.6) is 5.75 Å².